The van der Waals surface area contributed by atoms with Gasteiger partial charge in [0.2, 0.25) is 0 Å². The zero-order valence-corrected chi connectivity index (χ0v) is 12.8. The lowest BCUT2D eigenvalue weighted by Gasteiger charge is -2.28. The van der Waals surface area contributed by atoms with Crippen LogP contribution in [0.15, 0.2) is 12.2 Å². The Bertz CT molecular complexity index is 367. The lowest BCUT2D eigenvalue weighted by atomic mass is 10.1. The number of nitrogens with one attached hydrogen (secondary N) is 1. The van der Waals surface area contributed by atoms with Gasteiger partial charge in [-0.05, 0) is 18.3 Å². The molecule has 0 aromatic rings. The number of hydrogen-bond donors (Lipinski definition) is 2. The number of rotatable bonds is 6. The summed E-state index contributed by atoms with van der Waals surface area (Å²) in [5.41, 5.74) is 0. The van der Waals surface area contributed by atoms with Crippen molar-refractivity contribution in [3.8, 4) is 0 Å². The van der Waals surface area contributed by atoms with Crippen LogP contribution in [0, 0.1) is 17.8 Å². The first-order chi connectivity index (χ1) is 9.29. The van der Waals surface area contributed by atoms with Crippen LogP contribution in [-0.4, -0.2) is 41.1 Å². The summed E-state index contributed by atoms with van der Waals surface area (Å²) in [4.78, 5) is 25.0. The van der Waals surface area contributed by atoms with Gasteiger partial charge >= 0.3 is 12.0 Å². The second-order valence-corrected chi connectivity index (χ2v) is 6.31. The fraction of sp³-hybridized carbons (Fsp3) is 0.733. The van der Waals surface area contributed by atoms with Gasteiger partial charge in [-0.2, -0.15) is 0 Å². The van der Waals surface area contributed by atoms with Crippen molar-refractivity contribution in [1.29, 1.82) is 0 Å². The molecular weight excluding hydrogens is 256 g/mol. The van der Waals surface area contributed by atoms with Gasteiger partial charge in [-0.25, -0.2) is 4.79 Å². The molecule has 0 saturated heterocycles. The van der Waals surface area contributed by atoms with Crippen molar-refractivity contribution in [3.05, 3.63) is 12.2 Å². The number of aliphatic carboxylic acids is 1. The van der Waals surface area contributed by atoms with Crippen LogP contribution in [0.4, 0.5) is 4.79 Å². The Labute approximate surface area is 121 Å². The Balaban J connectivity index is 2.54. The number of urea groups is 1. The van der Waals surface area contributed by atoms with Crippen LogP contribution >= 0.6 is 0 Å². The smallest absolute Gasteiger partial charge is 0.317 e. The van der Waals surface area contributed by atoms with E-state index in [4.69, 9.17) is 5.11 Å². The molecule has 0 aromatic carbocycles. The normalized spacial score (nSPS) is 21.5. The van der Waals surface area contributed by atoms with E-state index in [1.54, 1.807) is 12.2 Å². The molecule has 0 spiro atoms. The molecule has 0 aromatic heterocycles. The standard InChI is InChI=1S/C15H26N2O3/c1-10(2)8-17(9-11(3)4)15(20)16-13-6-5-12(7-13)14(18)19/h5-6,10-13H,7-9H2,1-4H3,(H,16,20)(H,18,19). The van der Waals surface area contributed by atoms with Crippen LogP contribution in [0.3, 0.4) is 0 Å². The summed E-state index contributed by atoms with van der Waals surface area (Å²) in [5, 5.41) is 11.8. The lowest BCUT2D eigenvalue weighted by Crippen LogP contribution is -2.46. The number of hydrogen-bond acceptors (Lipinski definition) is 2. The second-order valence-electron chi connectivity index (χ2n) is 6.31. The molecule has 5 heteroatoms. The van der Waals surface area contributed by atoms with Crippen LogP contribution in [-0.2, 0) is 4.79 Å². The fourth-order valence-corrected chi connectivity index (χ4v) is 2.36. The molecule has 114 valence electrons. The minimum Gasteiger partial charge on any atom is -0.481 e. The summed E-state index contributed by atoms with van der Waals surface area (Å²) in [6.07, 6.45) is 3.88. The fourth-order valence-electron chi connectivity index (χ4n) is 2.36. The van der Waals surface area contributed by atoms with E-state index in [0.717, 1.165) is 0 Å². The van der Waals surface area contributed by atoms with Crippen molar-refractivity contribution >= 4 is 12.0 Å². The Morgan fingerprint density at radius 2 is 1.75 bits per heavy atom. The maximum atomic E-state index is 12.3. The highest BCUT2D eigenvalue weighted by Crippen LogP contribution is 2.18. The molecule has 1 aliphatic carbocycles. The largest absolute Gasteiger partial charge is 0.481 e. The predicted octanol–water partition coefficient (Wildman–Crippen LogP) is 2.34. The number of nitrogens with zero attached hydrogens (tertiary/aromatic N) is 1. The third kappa shape index (κ3) is 5.23. The summed E-state index contributed by atoms with van der Waals surface area (Å²) in [6.45, 7) is 9.74. The highest BCUT2D eigenvalue weighted by atomic mass is 16.4. The van der Waals surface area contributed by atoms with Gasteiger partial charge in [-0.3, -0.25) is 4.79 Å². The van der Waals surface area contributed by atoms with Gasteiger partial charge in [0.1, 0.15) is 0 Å². The first-order valence-electron chi connectivity index (χ1n) is 7.26. The molecule has 1 aliphatic rings. The van der Waals surface area contributed by atoms with Gasteiger partial charge in [0.05, 0.1) is 12.0 Å². The van der Waals surface area contributed by atoms with Crippen molar-refractivity contribution in [2.45, 2.75) is 40.2 Å². The topological polar surface area (TPSA) is 69.6 Å². The summed E-state index contributed by atoms with van der Waals surface area (Å²) in [5.74, 6) is -0.501. The van der Waals surface area contributed by atoms with Crippen LogP contribution in [0.25, 0.3) is 0 Å². The lowest BCUT2D eigenvalue weighted by molar-refractivity contribution is -0.140. The molecule has 5 nitrogen and oxygen atoms in total. The minimum absolute atomic E-state index is 0.104. The maximum absolute atomic E-state index is 12.3. The monoisotopic (exact) mass is 282 g/mol. The van der Waals surface area contributed by atoms with E-state index in [1.807, 2.05) is 4.90 Å². The Hall–Kier alpha value is -1.52. The average Bonchev–Trinajstić information content (AvgIpc) is 2.75. The van der Waals surface area contributed by atoms with E-state index >= 15 is 0 Å². The number of carbonyl (C=O) groups excluding carboxylic acids is 1. The van der Waals surface area contributed by atoms with Crippen LogP contribution in [0.1, 0.15) is 34.1 Å². The van der Waals surface area contributed by atoms with Crippen LogP contribution < -0.4 is 5.32 Å². The molecular formula is C15H26N2O3. The van der Waals surface area contributed by atoms with Crippen molar-refractivity contribution in [3.63, 3.8) is 0 Å². The van der Waals surface area contributed by atoms with Gasteiger partial charge in [0.25, 0.3) is 0 Å². The molecule has 2 atom stereocenters. The number of carbonyl (C=O) groups is 2. The highest BCUT2D eigenvalue weighted by molar-refractivity contribution is 5.76. The Morgan fingerprint density at radius 1 is 1.20 bits per heavy atom. The number of carboxylic acids is 1. The minimum atomic E-state index is -0.834. The summed E-state index contributed by atoms with van der Waals surface area (Å²) in [7, 11) is 0. The Morgan fingerprint density at radius 3 is 2.15 bits per heavy atom. The summed E-state index contributed by atoms with van der Waals surface area (Å²) in [6, 6.07) is -0.279. The van der Waals surface area contributed by atoms with E-state index < -0.39 is 11.9 Å². The molecule has 2 N–H and O–H groups in total. The first kappa shape index (κ1) is 16.5. The molecule has 2 amide bonds. The predicted molar refractivity (Wildman–Crippen MR) is 78.5 cm³/mol. The summed E-state index contributed by atoms with van der Waals surface area (Å²) >= 11 is 0. The zero-order valence-electron chi connectivity index (χ0n) is 12.8. The number of carboxylic acid groups (broad SMARTS) is 1. The highest BCUT2D eigenvalue weighted by Gasteiger charge is 2.27. The van der Waals surface area contributed by atoms with Crippen LogP contribution in [0.2, 0.25) is 0 Å². The molecule has 0 aliphatic heterocycles. The van der Waals surface area contributed by atoms with Gasteiger partial charge in [-0.15, -0.1) is 0 Å². The van der Waals surface area contributed by atoms with E-state index in [0.29, 0.717) is 31.3 Å². The van der Waals surface area contributed by atoms with Crippen molar-refractivity contribution < 1.29 is 14.7 Å². The average molecular weight is 282 g/mol. The quantitative estimate of drug-likeness (QED) is 0.735. The Kier molecular flexibility index (Phi) is 6.05. The van der Waals surface area contributed by atoms with Crippen molar-refractivity contribution in [2.24, 2.45) is 17.8 Å². The second kappa shape index (κ2) is 7.31. The van der Waals surface area contributed by atoms with Gasteiger partial charge in [0, 0.05) is 13.1 Å². The first-order valence-corrected chi connectivity index (χ1v) is 7.26. The third-order valence-electron chi connectivity index (χ3n) is 3.17. The third-order valence-corrected chi connectivity index (χ3v) is 3.17. The van der Waals surface area contributed by atoms with Gasteiger partial charge in [-0.1, -0.05) is 39.8 Å². The van der Waals surface area contributed by atoms with E-state index in [9.17, 15) is 9.59 Å². The molecule has 0 fully saturated rings. The van der Waals surface area contributed by atoms with Crippen molar-refractivity contribution in [1.82, 2.24) is 10.2 Å². The molecule has 0 heterocycles. The van der Waals surface area contributed by atoms with E-state index in [-0.39, 0.29) is 12.1 Å². The molecule has 0 bridgehead atoms. The van der Waals surface area contributed by atoms with Gasteiger partial charge < -0.3 is 15.3 Å². The molecule has 20 heavy (non-hydrogen) atoms. The molecule has 1 rings (SSSR count). The van der Waals surface area contributed by atoms with Crippen molar-refractivity contribution in [2.75, 3.05) is 13.1 Å². The van der Waals surface area contributed by atoms with Gasteiger partial charge in [0.15, 0.2) is 0 Å². The molecule has 0 radical (unpaired) electrons. The molecule has 0 saturated carbocycles. The zero-order chi connectivity index (χ0) is 15.3. The van der Waals surface area contributed by atoms with E-state index in [1.165, 1.54) is 0 Å². The van der Waals surface area contributed by atoms with E-state index in [2.05, 4.69) is 33.0 Å². The maximum Gasteiger partial charge on any atom is 0.317 e. The number of amides is 2. The summed E-state index contributed by atoms with van der Waals surface area (Å²) < 4.78 is 0. The molecule has 2 unspecified atom stereocenters. The van der Waals surface area contributed by atoms with Crippen LogP contribution in [0.5, 0.6) is 0 Å². The SMILES string of the molecule is CC(C)CN(CC(C)C)C(=O)NC1C=CC(C(=O)O)C1.